The number of nitrogens with zero attached hydrogens (tertiary/aromatic N) is 6. The SMILES string of the molecule is CCc1nc(-c2ccc(N3CCN([C@H]4CC[C@@H](c5nc6ccc(F)cc6c(=O)[nH]5)C4)CC3)cn2)n[nH]1. The van der Waals surface area contributed by atoms with E-state index in [1.165, 1.54) is 12.1 Å². The summed E-state index contributed by atoms with van der Waals surface area (Å²) in [5.41, 5.74) is 2.18. The van der Waals surface area contributed by atoms with Crippen molar-refractivity contribution in [1.29, 1.82) is 0 Å². The number of aromatic nitrogens is 6. The molecule has 0 radical (unpaired) electrons. The Bertz CT molecular complexity index is 1420. The number of fused-ring (bicyclic) bond motifs is 1. The van der Waals surface area contributed by atoms with E-state index in [0.717, 1.165) is 74.9 Å². The van der Waals surface area contributed by atoms with Crippen molar-refractivity contribution in [2.24, 2.45) is 0 Å². The Kier molecular flexibility index (Phi) is 5.96. The van der Waals surface area contributed by atoms with Crippen LogP contribution in [-0.2, 0) is 6.42 Å². The minimum Gasteiger partial charge on any atom is -0.368 e. The fourth-order valence-corrected chi connectivity index (χ4v) is 5.48. The number of nitrogens with one attached hydrogen (secondary N) is 2. The molecule has 0 spiro atoms. The summed E-state index contributed by atoms with van der Waals surface area (Å²) in [6.45, 7) is 5.90. The molecule has 1 saturated carbocycles. The van der Waals surface area contributed by atoms with Crippen LogP contribution in [-0.4, -0.2) is 67.3 Å². The van der Waals surface area contributed by atoms with Crippen LogP contribution in [0.25, 0.3) is 22.4 Å². The highest BCUT2D eigenvalue weighted by Crippen LogP contribution is 2.36. The highest BCUT2D eigenvalue weighted by atomic mass is 19.1. The van der Waals surface area contributed by atoms with Crippen molar-refractivity contribution in [3.05, 3.63) is 64.3 Å². The number of rotatable bonds is 5. The van der Waals surface area contributed by atoms with Crippen LogP contribution in [0.1, 0.15) is 43.8 Å². The molecule has 9 nitrogen and oxygen atoms in total. The van der Waals surface area contributed by atoms with Crippen LogP contribution in [0.5, 0.6) is 0 Å². The molecule has 1 aromatic carbocycles. The minimum atomic E-state index is -0.422. The normalized spacial score (nSPS) is 20.9. The number of aromatic amines is 2. The average molecular weight is 489 g/mol. The van der Waals surface area contributed by atoms with Gasteiger partial charge >= 0.3 is 0 Å². The van der Waals surface area contributed by atoms with Gasteiger partial charge < -0.3 is 9.88 Å². The fourth-order valence-electron chi connectivity index (χ4n) is 5.48. The molecular weight excluding hydrogens is 459 g/mol. The van der Waals surface area contributed by atoms with Crippen molar-refractivity contribution in [2.45, 2.75) is 44.6 Å². The summed E-state index contributed by atoms with van der Waals surface area (Å²) >= 11 is 0. The molecule has 3 aromatic heterocycles. The number of aryl methyl sites for hydroxylation is 1. The highest BCUT2D eigenvalue weighted by molar-refractivity contribution is 5.77. The van der Waals surface area contributed by atoms with Crippen LogP contribution < -0.4 is 10.5 Å². The molecular formula is C26H29FN8O. The van der Waals surface area contributed by atoms with E-state index in [0.29, 0.717) is 22.8 Å². The molecule has 2 atom stereocenters. The maximum atomic E-state index is 13.5. The van der Waals surface area contributed by atoms with Crippen LogP contribution in [0.3, 0.4) is 0 Å². The summed E-state index contributed by atoms with van der Waals surface area (Å²) in [6, 6.07) is 8.75. The third kappa shape index (κ3) is 4.37. The van der Waals surface area contributed by atoms with Crippen molar-refractivity contribution in [3.8, 4) is 11.5 Å². The maximum Gasteiger partial charge on any atom is 0.258 e. The number of piperazine rings is 1. The average Bonchev–Trinajstić information content (AvgIpc) is 3.60. The molecule has 2 N–H and O–H groups in total. The molecule has 6 rings (SSSR count). The van der Waals surface area contributed by atoms with Gasteiger partial charge in [0.2, 0.25) is 0 Å². The number of hydrogen-bond donors (Lipinski definition) is 2. The van der Waals surface area contributed by atoms with Crippen molar-refractivity contribution < 1.29 is 4.39 Å². The van der Waals surface area contributed by atoms with Crippen LogP contribution in [0.2, 0.25) is 0 Å². The van der Waals surface area contributed by atoms with Gasteiger partial charge in [0.1, 0.15) is 23.2 Å². The zero-order chi connectivity index (χ0) is 24.6. The topological polar surface area (TPSA) is 107 Å². The largest absolute Gasteiger partial charge is 0.368 e. The van der Waals surface area contributed by atoms with Crippen LogP contribution in [0.4, 0.5) is 10.1 Å². The van der Waals surface area contributed by atoms with E-state index in [1.807, 2.05) is 19.2 Å². The minimum absolute atomic E-state index is 0.218. The smallest absolute Gasteiger partial charge is 0.258 e. The molecule has 0 bridgehead atoms. The first-order valence-electron chi connectivity index (χ1n) is 12.6. The first-order valence-corrected chi connectivity index (χ1v) is 12.6. The zero-order valence-corrected chi connectivity index (χ0v) is 20.2. The van der Waals surface area contributed by atoms with Gasteiger partial charge in [-0.2, -0.15) is 5.10 Å². The fraction of sp³-hybridized carbons (Fsp3) is 0.423. The van der Waals surface area contributed by atoms with Gasteiger partial charge in [0, 0.05) is 44.6 Å². The van der Waals surface area contributed by atoms with E-state index in [-0.39, 0.29) is 11.5 Å². The van der Waals surface area contributed by atoms with E-state index in [1.54, 1.807) is 6.07 Å². The number of anilines is 1. The van der Waals surface area contributed by atoms with Crippen LogP contribution in [0.15, 0.2) is 41.3 Å². The Morgan fingerprint density at radius 3 is 2.69 bits per heavy atom. The number of H-pyrrole nitrogens is 2. The number of hydrogen-bond acceptors (Lipinski definition) is 7. The Hall–Kier alpha value is -3.66. The van der Waals surface area contributed by atoms with Gasteiger partial charge in [-0.05, 0) is 49.6 Å². The number of benzene rings is 1. The maximum absolute atomic E-state index is 13.5. The van der Waals surface area contributed by atoms with Crippen molar-refractivity contribution >= 4 is 16.6 Å². The van der Waals surface area contributed by atoms with Gasteiger partial charge in [-0.1, -0.05) is 6.92 Å². The molecule has 1 aliphatic heterocycles. The summed E-state index contributed by atoms with van der Waals surface area (Å²) < 4.78 is 13.5. The molecule has 1 aliphatic carbocycles. The standard InChI is InChI=1S/C26H29FN8O/c1-2-23-30-25(33-32-23)22-8-6-19(15-28-22)35-11-9-34(10-12-35)18-5-3-16(13-18)24-29-21-7-4-17(27)14-20(21)26(36)31-24/h4,6-8,14-16,18H,2-3,5,9-13H2,1H3,(H,29,31,36)(H,30,32,33)/t16-,18+/m1/s1. The number of pyridine rings is 1. The van der Waals surface area contributed by atoms with Gasteiger partial charge in [0.15, 0.2) is 5.82 Å². The van der Waals surface area contributed by atoms with E-state index in [2.05, 4.69) is 46.0 Å². The number of halogens is 1. The van der Waals surface area contributed by atoms with Gasteiger partial charge in [0.25, 0.3) is 5.56 Å². The Morgan fingerprint density at radius 1 is 1.08 bits per heavy atom. The molecule has 10 heteroatoms. The lowest BCUT2D eigenvalue weighted by molar-refractivity contribution is 0.186. The van der Waals surface area contributed by atoms with Crippen LogP contribution in [0, 0.1) is 5.82 Å². The Balaban J connectivity index is 1.07. The van der Waals surface area contributed by atoms with E-state index in [9.17, 15) is 9.18 Å². The second kappa shape index (κ2) is 9.42. The second-order valence-electron chi connectivity index (χ2n) is 9.66. The highest BCUT2D eigenvalue weighted by Gasteiger charge is 2.33. The zero-order valence-electron chi connectivity index (χ0n) is 20.2. The summed E-state index contributed by atoms with van der Waals surface area (Å²) in [6.07, 6.45) is 5.78. The van der Waals surface area contributed by atoms with E-state index in [4.69, 9.17) is 0 Å². The van der Waals surface area contributed by atoms with Crippen molar-refractivity contribution in [3.63, 3.8) is 0 Å². The summed E-state index contributed by atoms with van der Waals surface area (Å²) in [4.78, 5) is 34.0. The predicted octanol–water partition coefficient (Wildman–Crippen LogP) is 3.26. The quantitative estimate of drug-likeness (QED) is 0.444. The molecule has 186 valence electrons. The molecule has 2 aliphatic rings. The lowest BCUT2D eigenvalue weighted by Gasteiger charge is -2.39. The van der Waals surface area contributed by atoms with E-state index >= 15 is 0 Å². The summed E-state index contributed by atoms with van der Waals surface area (Å²) in [5.74, 6) is 2.02. The molecule has 4 heterocycles. The third-order valence-electron chi connectivity index (χ3n) is 7.52. The van der Waals surface area contributed by atoms with Gasteiger partial charge in [-0.3, -0.25) is 19.8 Å². The third-order valence-corrected chi connectivity index (χ3v) is 7.52. The molecule has 0 unspecified atom stereocenters. The molecule has 2 fully saturated rings. The molecule has 36 heavy (non-hydrogen) atoms. The molecule has 1 saturated heterocycles. The first kappa shape index (κ1) is 22.8. The Labute approximate surface area is 207 Å². The van der Waals surface area contributed by atoms with E-state index < -0.39 is 5.82 Å². The molecule has 4 aromatic rings. The van der Waals surface area contributed by atoms with Crippen molar-refractivity contribution in [1.82, 2.24) is 35.0 Å². The predicted molar refractivity (Wildman–Crippen MR) is 135 cm³/mol. The monoisotopic (exact) mass is 488 g/mol. The van der Waals surface area contributed by atoms with Gasteiger partial charge in [-0.15, -0.1) is 0 Å². The van der Waals surface area contributed by atoms with Gasteiger partial charge in [-0.25, -0.2) is 14.4 Å². The van der Waals surface area contributed by atoms with Gasteiger partial charge in [0.05, 0.1) is 22.8 Å². The van der Waals surface area contributed by atoms with Crippen molar-refractivity contribution in [2.75, 3.05) is 31.1 Å². The summed E-state index contributed by atoms with van der Waals surface area (Å²) in [7, 11) is 0. The first-order chi connectivity index (χ1) is 17.6. The summed E-state index contributed by atoms with van der Waals surface area (Å²) in [5, 5.41) is 7.49. The Morgan fingerprint density at radius 2 is 1.94 bits per heavy atom. The lowest BCUT2D eigenvalue weighted by Crippen LogP contribution is -2.49. The lowest BCUT2D eigenvalue weighted by atomic mass is 10.1. The molecule has 0 amide bonds. The second-order valence-corrected chi connectivity index (χ2v) is 9.66. The van der Waals surface area contributed by atoms with Crippen LogP contribution >= 0.6 is 0 Å².